The number of hydrogen-bond donors (Lipinski definition) is 0. The van der Waals surface area contributed by atoms with Crippen LogP contribution in [0.4, 0.5) is 0 Å². The minimum Gasteiger partial charge on any atom is -0.484 e. The Balaban J connectivity index is 1.67. The standard InChI is InChI=1S/C22H22ClNO3/c1-2-17-5-7-18(8-6-17)14-24(15-21-4-3-13-26-21)22(25)16-27-20-11-9-19(23)10-12-20/h3-13H,2,14-16H2,1H3. The second-order valence-corrected chi connectivity index (χ2v) is 6.68. The van der Waals surface area contributed by atoms with Crippen LogP contribution in [0.2, 0.25) is 5.02 Å². The summed E-state index contributed by atoms with van der Waals surface area (Å²) < 4.78 is 11.0. The van der Waals surface area contributed by atoms with Gasteiger partial charge in [-0.2, -0.15) is 0 Å². The first-order chi connectivity index (χ1) is 13.1. The molecule has 27 heavy (non-hydrogen) atoms. The summed E-state index contributed by atoms with van der Waals surface area (Å²) >= 11 is 5.88. The first-order valence-corrected chi connectivity index (χ1v) is 9.28. The number of halogens is 1. The van der Waals surface area contributed by atoms with Gasteiger partial charge in [-0.3, -0.25) is 4.79 Å². The summed E-state index contributed by atoms with van der Waals surface area (Å²) in [7, 11) is 0. The van der Waals surface area contributed by atoms with Crippen molar-refractivity contribution < 1.29 is 13.9 Å². The molecule has 0 aliphatic heterocycles. The maximum absolute atomic E-state index is 12.8. The number of furan rings is 1. The predicted molar refractivity (Wildman–Crippen MR) is 106 cm³/mol. The Labute approximate surface area is 164 Å². The molecule has 0 atom stereocenters. The minimum absolute atomic E-state index is 0.0462. The lowest BCUT2D eigenvalue weighted by Crippen LogP contribution is -2.34. The maximum Gasteiger partial charge on any atom is 0.261 e. The Hall–Kier alpha value is -2.72. The zero-order valence-electron chi connectivity index (χ0n) is 15.2. The van der Waals surface area contributed by atoms with Crippen molar-refractivity contribution in [1.82, 2.24) is 4.90 Å². The quantitative estimate of drug-likeness (QED) is 0.543. The molecule has 3 rings (SSSR count). The molecular formula is C22H22ClNO3. The van der Waals surface area contributed by atoms with E-state index in [4.69, 9.17) is 20.8 Å². The lowest BCUT2D eigenvalue weighted by atomic mass is 10.1. The van der Waals surface area contributed by atoms with E-state index in [1.54, 1.807) is 35.4 Å². The zero-order chi connectivity index (χ0) is 19.1. The molecule has 1 aromatic heterocycles. The van der Waals surface area contributed by atoms with Gasteiger partial charge < -0.3 is 14.1 Å². The van der Waals surface area contributed by atoms with Crippen LogP contribution in [0.1, 0.15) is 23.8 Å². The highest BCUT2D eigenvalue weighted by Gasteiger charge is 2.17. The monoisotopic (exact) mass is 383 g/mol. The maximum atomic E-state index is 12.8. The summed E-state index contributed by atoms with van der Waals surface area (Å²) in [6.07, 6.45) is 2.60. The van der Waals surface area contributed by atoms with Crippen LogP contribution in [-0.2, 0) is 24.3 Å². The van der Waals surface area contributed by atoms with E-state index in [9.17, 15) is 4.79 Å². The Morgan fingerprint density at radius 1 is 1.00 bits per heavy atom. The van der Waals surface area contributed by atoms with E-state index in [2.05, 4.69) is 31.2 Å². The van der Waals surface area contributed by atoms with Gasteiger partial charge in [-0.05, 0) is 53.9 Å². The lowest BCUT2D eigenvalue weighted by Gasteiger charge is -2.22. The number of ether oxygens (including phenoxy) is 1. The largest absolute Gasteiger partial charge is 0.484 e. The number of benzene rings is 2. The van der Waals surface area contributed by atoms with Crippen molar-refractivity contribution in [1.29, 1.82) is 0 Å². The van der Waals surface area contributed by atoms with Gasteiger partial charge in [0, 0.05) is 11.6 Å². The molecule has 4 nitrogen and oxygen atoms in total. The Morgan fingerprint density at radius 2 is 1.70 bits per heavy atom. The molecule has 0 bridgehead atoms. The molecule has 0 radical (unpaired) electrons. The third-order valence-corrected chi connectivity index (χ3v) is 4.51. The van der Waals surface area contributed by atoms with Gasteiger partial charge in [0.25, 0.3) is 5.91 Å². The highest BCUT2D eigenvalue weighted by Crippen LogP contribution is 2.17. The van der Waals surface area contributed by atoms with Gasteiger partial charge in [0.05, 0.1) is 12.8 Å². The predicted octanol–water partition coefficient (Wildman–Crippen LogP) is 5.10. The van der Waals surface area contributed by atoms with E-state index in [0.29, 0.717) is 23.9 Å². The molecule has 0 fully saturated rings. The molecule has 2 aromatic carbocycles. The van der Waals surface area contributed by atoms with Crippen LogP contribution >= 0.6 is 11.6 Å². The second-order valence-electron chi connectivity index (χ2n) is 6.24. The average molecular weight is 384 g/mol. The number of aryl methyl sites for hydroxylation is 1. The van der Waals surface area contributed by atoms with Crippen LogP contribution in [0.15, 0.2) is 71.3 Å². The van der Waals surface area contributed by atoms with Crippen molar-refractivity contribution in [3.8, 4) is 5.75 Å². The fourth-order valence-electron chi connectivity index (χ4n) is 2.69. The summed E-state index contributed by atoms with van der Waals surface area (Å²) in [5.41, 5.74) is 2.34. The van der Waals surface area contributed by atoms with Gasteiger partial charge in [-0.1, -0.05) is 42.8 Å². The Kier molecular flexibility index (Phi) is 6.55. The van der Waals surface area contributed by atoms with Crippen molar-refractivity contribution >= 4 is 17.5 Å². The van der Waals surface area contributed by atoms with E-state index < -0.39 is 0 Å². The van der Waals surface area contributed by atoms with Crippen LogP contribution in [0.5, 0.6) is 5.75 Å². The van der Waals surface area contributed by atoms with Crippen LogP contribution in [0.25, 0.3) is 0 Å². The molecule has 0 aliphatic rings. The molecule has 0 saturated carbocycles. The first-order valence-electron chi connectivity index (χ1n) is 8.90. The van der Waals surface area contributed by atoms with E-state index >= 15 is 0 Å². The lowest BCUT2D eigenvalue weighted by molar-refractivity contribution is -0.134. The minimum atomic E-state index is -0.110. The Bertz CT molecular complexity index is 842. The van der Waals surface area contributed by atoms with Gasteiger partial charge in [0.1, 0.15) is 11.5 Å². The fourth-order valence-corrected chi connectivity index (χ4v) is 2.82. The van der Waals surface area contributed by atoms with Gasteiger partial charge in [-0.15, -0.1) is 0 Å². The highest BCUT2D eigenvalue weighted by molar-refractivity contribution is 6.30. The zero-order valence-corrected chi connectivity index (χ0v) is 16.0. The molecule has 1 heterocycles. The van der Waals surface area contributed by atoms with Crippen molar-refractivity contribution in [3.05, 3.63) is 88.8 Å². The van der Waals surface area contributed by atoms with Crippen LogP contribution in [0, 0.1) is 0 Å². The third kappa shape index (κ3) is 5.63. The molecule has 140 valence electrons. The average Bonchev–Trinajstić information content (AvgIpc) is 3.20. The van der Waals surface area contributed by atoms with E-state index in [1.807, 2.05) is 12.1 Å². The van der Waals surface area contributed by atoms with Crippen molar-refractivity contribution in [3.63, 3.8) is 0 Å². The summed E-state index contributed by atoms with van der Waals surface area (Å²) in [5.74, 6) is 1.24. The van der Waals surface area contributed by atoms with Gasteiger partial charge >= 0.3 is 0 Å². The molecule has 3 aromatic rings. The number of carbonyl (C=O) groups is 1. The summed E-state index contributed by atoms with van der Waals surface area (Å²) in [5, 5.41) is 0.628. The molecule has 0 N–H and O–H groups in total. The summed E-state index contributed by atoms with van der Waals surface area (Å²) in [6.45, 7) is 2.96. The van der Waals surface area contributed by atoms with Crippen LogP contribution in [-0.4, -0.2) is 17.4 Å². The van der Waals surface area contributed by atoms with Crippen molar-refractivity contribution in [2.75, 3.05) is 6.61 Å². The van der Waals surface area contributed by atoms with Crippen LogP contribution < -0.4 is 4.74 Å². The second kappa shape index (κ2) is 9.28. The highest BCUT2D eigenvalue weighted by atomic mass is 35.5. The topological polar surface area (TPSA) is 42.7 Å². The number of carbonyl (C=O) groups excluding carboxylic acids is 1. The third-order valence-electron chi connectivity index (χ3n) is 4.26. The SMILES string of the molecule is CCc1ccc(CN(Cc2ccco2)C(=O)COc2ccc(Cl)cc2)cc1. The van der Waals surface area contributed by atoms with Crippen LogP contribution in [0.3, 0.4) is 0 Å². The molecule has 0 unspecified atom stereocenters. The number of nitrogens with zero attached hydrogens (tertiary/aromatic N) is 1. The molecule has 0 spiro atoms. The normalized spacial score (nSPS) is 10.6. The summed E-state index contributed by atoms with van der Waals surface area (Å²) in [6, 6.07) is 18.9. The van der Waals surface area contributed by atoms with E-state index in [1.165, 1.54) is 5.56 Å². The first kappa shape index (κ1) is 19.1. The van der Waals surface area contributed by atoms with Crippen molar-refractivity contribution in [2.24, 2.45) is 0 Å². The van der Waals surface area contributed by atoms with Gasteiger partial charge in [0.2, 0.25) is 0 Å². The smallest absolute Gasteiger partial charge is 0.261 e. The molecule has 0 aliphatic carbocycles. The molecule has 1 amide bonds. The summed E-state index contributed by atoms with van der Waals surface area (Å²) in [4.78, 5) is 14.5. The van der Waals surface area contributed by atoms with Crippen molar-refractivity contribution in [2.45, 2.75) is 26.4 Å². The number of hydrogen-bond acceptors (Lipinski definition) is 3. The fraction of sp³-hybridized carbons (Fsp3) is 0.227. The number of rotatable bonds is 8. The molecule has 0 saturated heterocycles. The van der Waals surface area contributed by atoms with Gasteiger partial charge in [0.15, 0.2) is 6.61 Å². The molecule has 5 heteroatoms. The molecular weight excluding hydrogens is 362 g/mol. The Morgan fingerprint density at radius 3 is 2.33 bits per heavy atom. The van der Waals surface area contributed by atoms with Gasteiger partial charge in [-0.25, -0.2) is 0 Å². The number of amides is 1. The van der Waals surface area contributed by atoms with E-state index in [0.717, 1.165) is 17.7 Å². The van der Waals surface area contributed by atoms with E-state index in [-0.39, 0.29) is 12.5 Å².